The third kappa shape index (κ3) is 4.51. The minimum Gasteiger partial charge on any atom is -0.493 e. The van der Waals surface area contributed by atoms with Crippen LogP contribution in [0, 0.1) is 13.8 Å². The fraction of sp³-hybridized carbons (Fsp3) is 0.333. The van der Waals surface area contributed by atoms with E-state index in [-0.39, 0.29) is 12.3 Å². The quantitative estimate of drug-likeness (QED) is 0.558. The van der Waals surface area contributed by atoms with Crippen LogP contribution in [-0.2, 0) is 17.6 Å². The summed E-state index contributed by atoms with van der Waals surface area (Å²) in [7, 11) is 0. The van der Waals surface area contributed by atoms with Gasteiger partial charge in [0.15, 0.2) is 0 Å². The predicted molar refractivity (Wildman–Crippen MR) is 116 cm³/mol. The van der Waals surface area contributed by atoms with Crippen LogP contribution in [0.1, 0.15) is 46.0 Å². The number of carboxylic acids is 1. The lowest BCUT2D eigenvalue weighted by molar-refractivity contribution is -0.137. The van der Waals surface area contributed by atoms with Crippen molar-refractivity contribution >= 4 is 17.3 Å². The smallest absolute Gasteiger partial charge is 0.303 e. The number of hydrogen-bond donors (Lipinski definition) is 1. The molecule has 3 aromatic rings. The molecule has 0 radical (unpaired) electrons. The Morgan fingerprint density at radius 3 is 2.76 bits per heavy atom. The second-order valence-corrected chi connectivity index (χ2v) is 8.88. The number of aromatic nitrogens is 1. The molecule has 2 aromatic carbocycles. The van der Waals surface area contributed by atoms with E-state index in [1.165, 1.54) is 16.0 Å². The van der Waals surface area contributed by atoms with E-state index in [2.05, 4.69) is 44.2 Å². The van der Waals surface area contributed by atoms with Gasteiger partial charge in [0.05, 0.1) is 18.7 Å². The summed E-state index contributed by atoms with van der Waals surface area (Å²) < 4.78 is 5.99. The molecule has 29 heavy (non-hydrogen) atoms. The van der Waals surface area contributed by atoms with E-state index in [9.17, 15) is 4.79 Å². The Morgan fingerprint density at radius 1 is 1.21 bits per heavy atom. The molecule has 0 bridgehead atoms. The van der Waals surface area contributed by atoms with Crippen LogP contribution in [0.4, 0.5) is 0 Å². The molecule has 0 saturated heterocycles. The van der Waals surface area contributed by atoms with Gasteiger partial charge in [0, 0.05) is 16.9 Å². The molecule has 1 aromatic heterocycles. The van der Waals surface area contributed by atoms with Crippen LogP contribution in [0.2, 0.25) is 0 Å². The van der Waals surface area contributed by atoms with Crippen molar-refractivity contribution in [3.63, 3.8) is 0 Å². The van der Waals surface area contributed by atoms with Crippen LogP contribution >= 0.6 is 11.3 Å². The highest BCUT2D eigenvalue weighted by Gasteiger charge is 2.24. The lowest BCUT2D eigenvalue weighted by Crippen LogP contribution is -2.04. The maximum absolute atomic E-state index is 11.0. The molecular weight excluding hydrogens is 382 g/mol. The fourth-order valence-corrected chi connectivity index (χ4v) is 4.91. The van der Waals surface area contributed by atoms with Gasteiger partial charge in [0.1, 0.15) is 10.8 Å². The zero-order valence-corrected chi connectivity index (χ0v) is 17.6. The number of thiazole rings is 1. The van der Waals surface area contributed by atoms with E-state index >= 15 is 0 Å². The number of carboxylic acid groups (broad SMARTS) is 1. The average Bonchev–Trinajstić information content (AvgIpc) is 3.25. The zero-order valence-electron chi connectivity index (χ0n) is 16.8. The van der Waals surface area contributed by atoms with E-state index in [4.69, 9.17) is 14.8 Å². The Labute approximate surface area is 175 Å². The van der Waals surface area contributed by atoms with E-state index < -0.39 is 5.97 Å². The lowest BCUT2D eigenvalue weighted by Gasteiger charge is -2.10. The number of carbonyl (C=O) groups is 1. The van der Waals surface area contributed by atoms with Crippen LogP contribution < -0.4 is 4.74 Å². The van der Waals surface area contributed by atoms with Crippen LogP contribution in [0.25, 0.3) is 10.6 Å². The summed E-state index contributed by atoms with van der Waals surface area (Å²) in [5, 5.41) is 10.1. The van der Waals surface area contributed by atoms with Gasteiger partial charge in [0.25, 0.3) is 0 Å². The monoisotopic (exact) mass is 407 g/mol. The van der Waals surface area contributed by atoms with E-state index in [0.717, 1.165) is 46.8 Å². The molecule has 0 spiro atoms. The van der Waals surface area contributed by atoms with Gasteiger partial charge < -0.3 is 9.84 Å². The first kappa shape index (κ1) is 19.6. The lowest BCUT2D eigenvalue weighted by atomic mass is 9.98. The number of aryl methyl sites for hydroxylation is 3. The second-order valence-electron chi connectivity index (χ2n) is 7.68. The summed E-state index contributed by atoms with van der Waals surface area (Å²) in [6.07, 6.45) is 2.81. The normalized spacial score (nSPS) is 15.3. The van der Waals surface area contributed by atoms with Crippen molar-refractivity contribution in [2.45, 2.75) is 45.4 Å². The SMILES string of the molecule is Cc1ccc(-c2nc(CCOc3ccc4c(c3)CC[C@H]4CC(=O)O)c(C)s2)cc1. The minimum atomic E-state index is -0.730. The molecule has 150 valence electrons. The number of aliphatic carboxylic acids is 1. The number of rotatable bonds is 7. The topological polar surface area (TPSA) is 59.4 Å². The molecule has 0 fully saturated rings. The average molecular weight is 408 g/mol. The summed E-state index contributed by atoms with van der Waals surface area (Å²) in [4.78, 5) is 17.1. The Balaban J connectivity index is 1.37. The summed E-state index contributed by atoms with van der Waals surface area (Å²) >= 11 is 1.73. The van der Waals surface area contributed by atoms with Crippen molar-refractivity contribution in [2.75, 3.05) is 6.61 Å². The Morgan fingerprint density at radius 2 is 2.00 bits per heavy atom. The first-order valence-corrected chi connectivity index (χ1v) is 10.8. The fourth-order valence-electron chi connectivity index (χ4n) is 3.94. The van der Waals surface area contributed by atoms with Crippen LogP contribution in [-0.4, -0.2) is 22.7 Å². The standard InChI is InChI=1S/C24H25NO3S/c1-15-3-5-17(6-4-15)24-25-22(16(2)29-24)11-12-28-20-9-10-21-18(13-20)7-8-19(21)14-23(26)27/h3-6,9-10,13,19H,7-8,11-12,14H2,1-2H3,(H,26,27)/t19-/m0/s1. The third-order valence-corrected chi connectivity index (χ3v) is 6.60. The van der Waals surface area contributed by atoms with Crippen molar-refractivity contribution in [2.24, 2.45) is 0 Å². The van der Waals surface area contributed by atoms with Gasteiger partial charge in [-0.2, -0.15) is 0 Å². The summed E-state index contributed by atoms with van der Waals surface area (Å²) in [5.74, 6) is 0.257. The number of hydrogen-bond acceptors (Lipinski definition) is 4. The highest BCUT2D eigenvalue weighted by molar-refractivity contribution is 7.15. The van der Waals surface area contributed by atoms with Crippen molar-refractivity contribution in [1.29, 1.82) is 0 Å². The van der Waals surface area contributed by atoms with Gasteiger partial charge >= 0.3 is 5.97 Å². The zero-order chi connectivity index (χ0) is 20.4. The van der Waals surface area contributed by atoms with E-state index in [1.807, 2.05) is 12.1 Å². The van der Waals surface area contributed by atoms with E-state index in [1.54, 1.807) is 11.3 Å². The Hall–Kier alpha value is -2.66. The number of benzene rings is 2. The van der Waals surface area contributed by atoms with Gasteiger partial charge in [-0.1, -0.05) is 35.9 Å². The molecule has 5 heteroatoms. The van der Waals surface area contributed by atoms with Crippen LogP contribution in [0.3, 0.4) is 0 Å². The predicted octanol–water partition coefficient (Wildman–Crippen LogP) is 5.55. The highest BCUT2D eigenvalue weighted by Crippen LogP contribution is 2.37. The summed E-state index contributed by atoms with van der Waals surface area (Å²) in [6.45, 7) is 4.78. The molecule has 0 saturated carbocycles. The minimum absolute atomic E-state index is 0.134. The maximum atomic E-state index is 11.0. The molecule has 0 unspecified atom stereocenters. The van der Waals surface area contributed by atoms with Gasteiger partial charge in [0.2, 0.25) is 0 Å². The molecule has 1 aliphatic carbocycles. The molecule has 1 atom stereocenters. The van der Waals surface area contributed by atoms with Crippen molar-refractivity contribution in [3.05, 3.63) is 69.7 Å². The number of nitrogens with zero attached hydrogens (tertiary/aromatic N) is 1. The first-order chi connectivity index (χ1) is 14.0. The molecular formula is C24H25NO3S. The molecule has 0 aliphatic heterocycles. The Bertz CT molecular complexity index is 1020. The highest BCUT2D eigenvalue weighted by atomic mass is 32.1. The molecule has 4 rings (SSSR count). The summed E-state index contributed by atoms with van der Waals surface area (Å²) in [6, 6.07) is 14.5. The van der Waals surface area contributed by atoms with Crippen molar-refractivity contribution < 1.29 is 14.6 Å². The van der Waals surface area contributed by atoms with Crippen LogP contribution in [0.15, 0.2) is 42.5 Å². The molecule has 4 nitrogen and oxygen atoms in total. The molecule has 0 amide bonds. The maximum Gasteiger partial charge on any atom is 0.303 e. The van der Waals surface area contributed by atoms with Gasteiger partial charge in [-0.3, -0.25) is 4.79 Å². The van der Waals surface area contributed by atoms with Gasteiger partial charge in [-0.25, -0.2) is 4.98 Å². The van der Waals surface area contributed by atoms with Crippen LogP contribution in [0.5, 0.6) is 5.75 Å². The molecule has 1 N–H and O–H groups in total. The molecule has 1 heterocycles. The number of ether oxygens (including phenoxy) is 1. The van der Waals surface area contributed by atoms with E-state index in [0.29, 0.717) is 6.61 Å². The molecule has 1 aliphatic rings. The van der Waals surface area contributed by atoms with Crippen molar-refractivity contribution in [1.82, 2.24) is 4.98 Å². The largest absolute Gasteiger partial charge is 0.493 e. The second kappa shape index (κ2) is 8.37. The first-order valence-electron chi connectivity index (χ1n) is 10.0. The van der Waals surface area contributed by atoms with Gasteiger partial charge in [-0.15, -0.1) is 11.3 Å². The number of fused-ring (bicyclic) bond motifs is 1. The summed E-state index contributed by atoms with van der Waals surface area (Å²) in [5.41, 5.74) is 5.89. The third-order valence-electron chi connectivity index (χ3n) is 5.54. The van der Waals surface area contributed by atoms with Crippen molar-refractivity contribution in [3.8, 4) is 16.3 Å². The Kier molecular flexibility index (Phi) is 5.67. The van der Waals surface area contributed by atoms with Gasteiger partial charge in [-0.05, 0) is 55.9 Å².